The van der Waals surface area contributed by atoms with Gasteiger partial charge in [0, 0.05) is 25.2 Å². The Morgan fingerprint density at radius 1 is 1.23 bits per heavy atom. The van der Waals surface area contributed by atoms with Gasteiger partial charge in [0.05, 0.1) is 17.0 Å². The number of hydrogen-bond donors (Lipinski definition) is 2. The second-order valence-electron chi connectivity index (χ2n) is 6.65. The maximum Gasteiger partial charge on any atom is 0.416 e. The molecule has 1 fully saturated rings. The molecule has 1 aromatic carbocycles. The Hall–Kier alpha value is -2.19. The lowest BCUT2D eigenvalue weighted by Crippen LogP contribution is -2.20. The molecule has 1 aliphatic rings. The molecule has 0 radical (unpaired) electrons. The molecule has 0 bridgehead atoms. The largest absolute Gasteiger partial charge is 0.416 e. The van der Waals surface area contributed by atoms with Crippen LogP contribution in [0.4, 0.5) is 19.1 Å². The van der Waals surface area contributed by atoms with E-state index in [2.05, 4.69) is 27.2 Å². The fourth-order valence-electron chi connectivity index (χ4n) is 3.09. The van der Waals surface area contributed by atoms with Crippen LogP contribution in [-0.4, -0.2) is 41.5 Å². The van der Waals surface area contributed by atoms with E-state index in [0.717, 1.165) is 38.2 Å². The minimum atomic E-state index is -4.35. The van der Waals surface area contributed by atoms with Crippen molar-refractivity contribution in [1.29, 1.82) is 0 Å². The zero-order valence-electron chi connectivity index (χ0n) is 14.6. The molecule has 140 valence electrons. The Kier molecular flexibility index (Phi) is 5.43. The molecular formula is C18H22F3N5. The van der Waals surface area contributed by atoms with Gasteiger partial charge < -0.3 is 16.0 Å². The number of likely N-dealkylation sites (tertiary alicyclic amines) is 1. The molecule has 1 atom stereocenters. The van der Waals surface area contributed by atoms with Crippen LogP contribution in [0.1, 0.15) is 17.7 Å². The average Bonchev–Trinajstić information content (AvgIpc) is 3.04. The summed E-state index contributed by atoms with van der Waals surface area (Å²) in [4.78, 5) is 11.1. The third kappa shape index (κ3) is 4.50. The van der Waals surface area contributed by atoms with E-state index in [-0.39, 0.29) is 6.54 Å². The minimum absolute atomic E-state index is 0.233. The van der Waals surface area contributed by atoms with Crippen molar-refractivity contribution in [2.24, 2.45) is 11.7 Å². The number of halogens is 3. The van der Waals surface area contributed by atoms with E-state index in [9.17, 15) is 13.2 Å². The number of nitrogens with two attached hydrogens (primary N) is 1. The van der Waals surface area contributed by atoms with Crippen molar-refractivity contribution in [2.45, 2.75) is 19.1 Å². The fraction of sp³-hybridized carbons (Fsp3) is 0.444. The molecule has 3 N–H and O–H groups in total. The molecule has 0 amide bonds. The summed E-state index contributed by atoms with van der Waals surface area (Å²) in [5, 5.41) is 3.24. The summed E-state index contributed by atoms with van der Waals surface area (Å²) in [7, 11) is 2.09. The zero-order chi connectivity index (χ0) is 18.7. The van der Waals surface area contributed by atoms with Gasteiger partial charge in [0.25, 0.3) is 0 Å². The summed E-state index contributed by atoms with van der Waals surface area (Å²) in [6.45, 7) is 3.09. The van der Waals surface area contributed by atoms with Crippen LogP contribution in [0.25, 0.3) is 11.3 Å². The normalized spacial score (nSPS) is 18.3. The number of benzene rings is 1. The third-order valence-electron chi connectivity index (χ3n) is 4.53. The second-order valence-corrected chi connectivity index (χ2v) is 6.65. The molecule has 1 saturated heterocycles. The molecule has 0 saturated carbocycles. The summed E-state index contributed by atoms with van der Waals surface area (Å²) >= 11 is 0. The van der Waals surface area contributed by atoms with Gasteiger partial charge in [-0.25, -0.2) is 9.97 Å². The van der Waals surface area contributed by atoms with E-state index in [1.807, 2.05) is 0 Å². The number of aromatic nitrogens is 2. The molecule has 2 heterocycles. The Balaban J connectivity index is 1.78. The lowest BCUT2D eigenvalue weighted by atomic mass is 10.1. The van der Waals surface area contributed by atoms with Crippen LogP contribution < -0.4 is 11.1 Å². The van der Waals surface area contributed by atoms with E-state index >= 15 is 0 Å². The summed E-state index contributed by atoms with van der Waals surface area (Å²) < 4.78 is 38.2. The first-order chi connectivity index (χ1) is 12.3. The quantitative estimate of drug-likeness (QED) is 0.853. The number of hydrogen-bond acceptors (Lipinski definition) is 5. The third-order valence-corrected chi connectivity index (χ3v) is 4.53. The number of anilines is 1. The molecule has 0 aliphatic carbocycles. The van der Waals surface area contributed by atoms with Gasteiger partial charge in [0.15, 0.2) is 0 Å². The summed E-state index contributed by atoms with van der Waals surface area (Å²) in [5.74, 6) is 0.983. The lowest BCUT2D eigenvalue weighted by molar-refractivity contribution is -0.137. The first kappa shape index (κ1) is 18.6. The topological polar surface area (TPSA) is 67.1 Å². The maximum atomic E-state index is 12.7. The van der Waals surface area contributed by atoms with Crippen molar-refractivity contribution in [3.63, 3.8) is 0 Å². The van der Waals surface area contributed by atoms with Crippen LogP contribution >= 0.6 is 0 Å². The number of nitrogens with zero attached hydrogens (tertiary/aromatic N) is 3. The van der Waals surface area contributed by atoms with Crippen molar-refractivity contribution < 1.29 is 13.2 Å². The van der Waals surface area contributed by atoms with Gasteiger partial charge in [-0.05, 0) is 44.1 Å². The fourth-order valence-corrected chi connectivity index (χ4v) is 3.09. The smallest absolute Gasteiger partial charge is 0.354 e. The molecule has 8 heteroatoms. The molecule has 5 nitrogen and oxygen atoms in total. The van der Waals surface area contributed by atoms with Gasteiger partial charge >= 0.3 is 6.18 Å². The van der Waals surface area contributed by atoms with Crippen LogP contribution in [0.2, 0.25) is 0 Å². The number of rotatable bonds is 5. The summed E-state index contributed by atoms with van der Waals surface area (Å²) in [6.07, 6.45) is -3.24. The standard InChI is InChI=1S/C18H22F3N5/c1-26-7-6-12(11-26)10-23-17-24-15(9-22)8-16(25-17)13-2-4-14(5-3-13)18(19,20)21/h2-5,8,12H,6-7,9-11,22H2,1H3,(H,23,24,25). The van der Waals surface area contributed by atoms with E-state index in [0.29, 0.717) is 28.8 Å². The van der Waals surface area contributed by atoms with Crippen molar-refractivity contribution in [2.75, 3.05) is 32.0 Å². The highest BCUT2D eigenvalue weighted by atomic mass is 19.4. The van der Waals surface area contributed by atoms with E-state index in [1.54, 1.807) is 6.07 Å². The van der Waals surface area contributed by atoms with E-state index < -0.39 is 11.7 Å². The average molecular weight is 365 g/mol. The first-order valence-electron chi connectivity index (χ1n) is 8.53. The number of nitrogens with one attached hydrogen (secondary N) is 1. The van der Waals surface area contributed by atoms with Gasteiger partial charge in [0.1, 0.15) is 0 Å². The van der Waals surface area contributed by atoms with Crippen molar-refractivity contribution in [3.05, 3.63) is 41.6 Å². The number of alkyl halides is 3. The highest BCUT2D eigenvalue weighted by Gasteiger charge is 2.30. The van der Waals surface area contributed by atoms with Crippen LogP contribution in [0.3, 0.4) is 0 Å². The highest BCUT2D eigenvalue weighted by Crippen LogP contribution is 2.31. The Labute approximate surface area is 150 Å². The van der Waals surface area contributed by atoms with Gasteiger partial charge in [-0.1, -0.05) is 12.1 Å². The predicted molar refractivity (Wildman–Crippen MR) is 94.5 cm³/mol. The zero-order valence-corrected chi connectivity index (χ0v) is 14.6. The van der Waals surface area contributed by atoms with Gasteiger partial charge in [-0.2, -0.15) is 13.2 Å². The molecule has 1 unspecified atom stereocenters. The van der Waals surface area contributed by atoms with E-state index in [4.69, 9.17) is 5.73 Å². The van der Waals surface area contributed by atoms with Crippen LogP contribution in [0.5, 0.6) is 0 Å². The van der Waals surface area contributed by atoms with E-state index in [1.165, 1.54) is 12.1 Å². The molecule has 2 aromatic rings. The molecule has 3 rings (SSSR count). The predicted octanol–water partition coefficient (Wildman–Crippen LogP) is 2.98. The Morgan fingerprint density at radius 3 is 2.54 bits per heavy atom. The second kappa shape index (κ2) is 7.59. The summed E-state index contributed by atoms with van der Waals surface area (Å²) in [6, 6.07) is 6.65. The van der Waals surface area contributed by atoms with Crippen LogP contribution in [0, 0.1) is 5.92 Å². The highest BCUT2D eigenvalue weighted by molar-refractivity contribution is 5.61. The molecule has 0 spiro atoms. The van der Waals surface area contributed by atoms with Crippen LogP contribution in [0.15, 0.2) is 30.3 Å². The maximum absolute atomic E-state index is 12.7. The molecule has 1 aliphatic heterocycles. The SMILES string of the molecule is CN1CCC(CNc2nc(CN)cc(-c3ccc(C(F)(F)F)cc3)n2)C1. The van der Waals surface area contributed by atoms with Crippen molar-refractivity contribution in [1.82, 2.24) is 14.9 Å². The van der Waals surface area contributed by atoms with Crippen molar-refractivity contribution in [3.8, 4) is 11.3 Å². The van der Waals surface area contributed by atoms with Gasteiger partial charge in [0.2, 0.25) is 5.95 Å². The van der Waals surface area contributed by atoms with Gasteiger partial charge in [-0.3, -0.25) is 0 Å². The van der Waals surface area contributed by atoms with Crippen LogP contribution in [-0.2, 0) is 12.7 Å². The lowest BCUT2D eigenvalue weighted by Gasteiger charge is -2.13. The van der Waals surface area contributed by atoms with Crippen molar-refractivity contribution >= 4 is 5.95 Å². The monoisotopic (exact) mass is 365 g/mol. The Morgan fingerprint density at radius 2 is 1.96 bits per heavy atom. The summed E-state index contributed by atoms with van der Waals surface area (Å²) in [5.41, 5.74) is 6.82. The molecular weight excluding hydrogens is 343 g/mol. The molecule has 26 heavy (non-hydrogen) atoms. The molecule has 1 aromatic heterocycles. The Bertz CT molecular complexity index is 745. The first-order valence-corrected chi connectivity index (χ1v) is 8.53. The van der Waals surface area contributed by atoms with Gasteiger partial charge in [-0.15, -0.1) is 0 Å². The minimum Gasteiger partial charge on any atom is -0.354 e.